The van der Waals surface area contributed by atoms with Crippen LogP contribution in [0.5, 0.6) is 0 Å². The van der Waals surface area contributed by atoms with E-state index in [1.165, 1.54) is 30.2 Å². The molecule has 1 aromatic carbocycles. The van der Waals surface area contributed by atoms with Crippen LogP contribution in [0.25, 0.3) is 0 Å². The van der Waals surface area contributed by atoms with E-state index >= 15 is 0 Å². The molecule has 1 fully saturated rings. The number of morpholine rings is 1. The van der Waals surface area contributed by atoms with E-state index in [9.17, 15) is 9.18 Å². The second kappa shape index (κ2) is 9.83. The first-order chi connectivity index (χ1) is 16.2. The molecule has 33 heavy (non-hydrogen) atoms. The van der Waals surface area contributed by atoms with Crippen molar-refractivity contribution in [3.05, 3.63) is 82.7 Å². The Morgan fingerprint density at radius 3 is 2.85 bits per heavy atom. The van der Waals surface area contributed by atoms with Gasteiger partial charge in [-0.3, -0.25) is 14.5 Å². The van der Waals surface area contributed by atoms with Crippen molar-refractivity contribution in [2.24, 2.45) is 0 Å². The number of halogens is 1. The maximum atomic E-state index is 13.9. The minimum atomic E-state index is -0.248. The van der Waals surface area contributed by atoms with Crippen molar-refractivity contribution in [3.8, 4) is 0 Å². The third-order valence-corrected chi connectivity index (χ3v) is 6.63. The minimum absolute atomic E-state index is 0.125. The smallest absolute Gasteiger partial charge is 0.224 e. The Labute approximate surface area is 193 Å². The first-order valence-corrected chi connectivity index (χ1v) is 11.8. The summed E-state index contributed by atoms with van der Waals surface area (Å²) in [5.74, 6) is -0.0819. The zero-order valence-electron chi connectivity index (χ0n) is 18.8. The van der Waals surface area contributed by atoms with Crippen LogP contribution < -0.4 is 0 Å². The fraction of sp³-hybridized carbons (Fsp3) is 0.423. The van der Waals surface area contributed by atoms with Crippen LogP contribution in [0.3, 0.4) is 0 Å². The SMILES string of the molecule is O=C(CCn1ncc2c1CCCC2)N1CCO[C@H](c2ccc(Cc3ccccc3F)cn2)C1. The number of amides is 1. The van der Waals surface area contributed by atoms with E-state index < -0.39 is 0 Å². The fourth-order valence-electron chi connectivity index (χ4n) is 4.76. The van der Waals surface area contributed by atoms with Crippen molar-refractivity contribution >= 4 is 5.91 Å². The molecule has 2 aliphatic rings. The summed E-state index contributed by atoms with van der Waals surface area (Å²) in [6.07, 6.45) is 9.00. The molecule has 0 unspecified atom stereocenters. The molecule has 1 aliphatic heterocycles. The third kappa shape index (κ3) is 4.98. The lowest BCUT2D eigenvalue weighted by Crippen LogP contribution is -2.42. The molecule has 1 atom stereocenters. The van der Waals surface area contributed by atoms with Crippen LogP contribution in [0.1, 0.15) is 53.4 Å². The highest BCUT2D eigenvalue weighted by molar-refractivity contribution is 5.76. The summed E-state index contributed by atoms with van der Waals surface area (Å²) in [6.45, 7) is 2.21. The summed E-state index contributed by atoms with van der Waals surface area (Å²) < 4.78 is 21.8. The third-order valence-electron chi connectivity index (χ3n) is 6.63. The number of nitrogens with zero attached hydrogens (tertiary/aromatic N) is 4. The van der Waals surface area contributed by atoms with E-state index in [-0.39, 0.29) is 17.8 Å². The molecule has 1 saturated heterocycles. The average molecular weight is 449 g/mol. The van der Waals surface area contributed by atoms with Crippen molar-refractivity contribution in [1.82, 2.24) is 19.7 Å². The van der Waals surface area contributed by atoms with Crippen LogP contribution in [0.4, 0.5) is 4.39 Å². The number of carbonyl (C=O) groups excluding carboxylic acids is 1. The van der Waals surface area contributed by atoms with Gasteiger partial charge in [0, 0.05) is 37.8 Å². The highest BCUT2D eigenvalue weighted by Crippen LogP contribution is 2.23. The molecule has 2 aromatic heterocycles. The molecule has 0 bridgehead atoms. The van der Waals surface area contributed by atoms with Crippen LogP contribution in [-0.2, 0) is 35.3 Å². The molecule has 0 N–H and O–H groups in total. The normalized spacial score (nSPS) is 18.2. The summed E-state index contributed by atoms with van der Waals surface area (Å²) in [7, 11) is 0. The standard InChI is InChI=1S/C26H29FN4O2/c27-22-7-3-1-5-20(22)15-19-9-10-23(28-16-19)25-18-30(13-14-33-25)26(32)11-12-31-24-8-4-2-6-21(24)17-29-31/h1,3,5,7,9-10,16-17,25H,2,4,6,8,11-15,18H2/t25-/m0/s1. The number of carbonyl (C=O) groups is 1. The molecule has 6 nitrogen and oxygen atoms in total. The van der Waals surface area contributed by atoms with E-state index in [2.05, 4.69) is 10.1 Å². The number of hydrogen-bond donors (Lipinski definition) is 0. The van der Waals surface area contributed by atoms with Gasteiger partial charge >= 0.3 is 0 Å². The molecule has 3 aromatic rings. The number of benzene rings is 1. The number of ether oxygens (including phenoxy) is 1. The van der Waals surface area contributed by atoms with Gasteiger partial charge in [0.2, 0.25) is 5.91 Å². The molecule has 0 saturated carbocycles. The van der Waals surface area contributed by atoms with Gasteiger partial charge in [-0.05, 0) is 54.5 Å². The van der Waals surface area contributed by atoms with Gasteiger partial charge in [-0.2, -0.15) is 5.10 Å². The molecule has 1 amide bonds. The van der Waals surface area contributed by atoms with Crippen molar-refractivity contribution in [3.63, 3.8) is 0 Å². The Bertz CT molecular complexity index is 1110. The lowest BCUT2D eigenvalue weighted by molar-refractivity contribution is -0.139. The van der Waals surface area contributed by atoms with Crippen molar-refractivity contribution < 1.29 is 13.9 Å². The molecule has 0 spiro atoms. The number of aromatic nitrogens is 3. The Morgan fingerprint density at radius 1 is 1.12 bits per heavy atom. The Balaban J connectivity index is 1.17. The lowest BCUT2D eigenvalue weighted by Gasteiger charge is -2.33. The van der Waals surface area contributed by atoms with Gasteiger partial charge in [-0.25, -0.2) is 4.39 Å². The molecule has 3 heterocycles. The van der Waals surface area contributed by atoms with E-state index in [0.29, 0.717) is 44.6 Å². The predicted molar refractivity (Wildman–Crippen MR) is 122 cm³/mol. The number of rotatable bonds is 6. The molecule has 0 radical (unpaired) electrons. The predicted octanol–water partition coefficient (Wildman–Crippen LogP) is 3.88. The Hall–Kier alpha value is -3.06. The topological polar surface area (TPSA) is 60.2 Å². The van der Waals surface area contributed by atoms with E-state index in [0.717, 1.165) is 24.1 Å². The second-order valence-corrected chi connectivity index (χ2v) is 8.86. The highest BCUT2D eigenvalue weighted by Gasteiger charge is 2.26. The van der Waals surface area contributed by atoms with Gasteiger partial charge in [-0.1, -0.05) is 24.3 Å². The first-order valence-electron chi connectivity index (χ1n) is 11.8. The van der Waals surface area contributed by atoms with Gasteiger partial charge in [0.25, 0.3) is 0 Å². The zero-order chi connectivity index (χ0) is 22.6. The first kappa shape index (κ1) is 21.8. The van der Waals surface area contributed by atoms with Crippen molar-refractivity contribution in [1.29, 1.82) is 0 Å². The maximum absolute atomic E-state index is 13.9. The van der Waals surface area contributed by atoms with Crippen LogP contribution in [0.2, 0.25) is 0 Å². The van der Waals surface area contributed by atoms with Gasteiger partial charge in [0.15, 0.2) is 0 Å². The monoisotopic (exact) mass is 448 g/mol. The number of hydrogen-bond acceptors (Lipinski definition) is 4. The van der Waals surface area contributed by atoms with Crippen LogP contribution in [0, 0.1) is 5.82 Å². The summed E-state index contributed by atoms with van der Waals surface area (Å²) >= 11 is 0. The van der Waals surface area contributed by atoms with Gasteiger partial charge in [0.1, 0.15) is 11.9 Å². The average Bonchev–Trinajstić information content (AvgIpc) is 3.28. The number of pyridine rings is 1. The quantitative estimate of drug-likeness (QED) is 0.574. The minimum Gasteiger partial charge on any atom is -0.368 e. The van der Waals surface area contributed by atoms with E-state index in [1.54, 1.807) is 18.3 Å². The van der Waals surface area contributed by atoms with Crippen LogP contribution >= 0.6 is 0 Å². The van der Waals surface area contributed by atoms with Gasteiger partial charge in [-0.15, -0.1) is 0 Å². The van der Waals surface area contributed by atoms with E-state index in [1.807, 2.05) is 34.0 Å². The zero-order valence-corrected chi connectivity index (χ0v) is 18.8. The highest BCUT2D eigenvalue weighted by atomic mass is 19.1. The second-order valence-electron chi connectivity index (χ2n) is 8.86. The summed E-state index contributed by atoms with van der Waals surface area (Å²) in [6, 6.07) is 10.7. The summed E-state index contributed by atoms with van der Waals surface area (Å²) in [5.41, 5.74) is 5.02. The van der Waals surface area contributed by atoms with Gasteiger partial charge in [0.05, 0.1) is 25.0 Å². The maximum Gasteiger partial charge on any atom is 0.224 e. The summed E-state index contributed by atoms with van der Waals surface area (Å²) in [4.78, 5) is 19.3. The fourth-order valence-corrected chi connectivity index (χ4v) is 4.76. The molecule has 172 valence electrons. The summed E-state index contributed by atoms with van der Waals surface area (Å²) in [5, 5.41) is 4.51. The Morgan fingerprint density at radius 2 is 2.00 bits per heavy atom. The van der Waals surface area contributed by atoms with Crippen LogP contribution in [-0.4, -0.2) is 45.3 Å². The lowest BCUT2D eigenvalue weighted by atomic mass is 9.98. The molecule has 5 rings (SSSR count). The number of aryl methyl sites for hydroxylation is 2. The van der Waals surface area contributed by atoms with Crippen LogP contribution in [0.15, 0.2) is 48.8 Å². The molecule has 1 aliphatic carbocycles. The van der Waals surface area contributed by atoms with Crippen molar-refractivity contribution in [2.75, 3.05) is 19.7 Å². The largest absolute Gasteiger partial charge is 0.368 e. The van der Waals surface area contributed by atoms with Gasteiger partial charge < -0.3 is 9.64 Å². The van der Waals surface area contributed by atoms with E-state index in [4.69, 9.17) is 4.74 Å². The van der Waals surface area contributed by atoms with Crippen molar-refractivity contribution in [2.45, 2.75) is 51.2 Å². The Kier molecular flexibility index (Phi) is 6.48. The number of fused-ring (bicyclic) bond motifs is 1. The molecular weight excluding hydrogens is 419 g/mol. The molecule has 7 heteroatoms. The molecular formula is C26H29FN4O2.